The number of allylic oxidation sites excluding steroid dienone is 4. The van der Waals surface area contributed by atoms with E-state index in [9.17, 15) is 0 Å². The van der Waals surface area contributed by atoms with Crippen LogP contribution in [0.15, 0.2) is 36.4 Å². The summed E-state index contributed by atoms with van der Waals surface area (Å²) in [7, 11) is 0. The van der Waals surface area contributed by atoms with Crippen LogP contribution in [0.3, 0.4) is 0 Å². The summed E-state index contributed by atoms with van der Waals surface area (Å²) in [6.45, 7) is 4.21. The molecular weight excluding hydrogens is 263 g/mol. The van der Waals surface area contributed by atoms with Crippen molar-refractivity contribution in [3.8, 4) is 0 Å². The number of hydrogen-bond acceptors (Lipinski definition) is 0. The van der Waals surface area contributed by atoms with Crippen molar-refractivity contribution >= 4 is 0 Å². The van der Waals surface area contributed by atoms with E-state index in [-0.39, 0.29) is 46.5 Å². The topological polar surface area (TPSA) is 0 Å². The minimum Gasteiger partial charge on any atom is -1.00 e. The van der Waals surface area contributed by atoms with Gasteiger partial charge in [0.1, 0.15) is 0 Å². The number of aryl methyl sites for hydroxylation is 2. The molecule has 0 nitrogen and oxygen atoms in total. The maximum atomic E-state index is 2.99. The third-order valence-electron chi connectivity index (χ3n) is 1.65. The molecule has 0 aliphatic heterocycles. The third kappa shape index (κ3) is 10.4. The summed E-state index contributed by atoms with van der Waals surface area (Å²) in [6, 6.07) is 6.41. The Kier molecular flexibility index (Phi) is 16.7. The first kappa shape index (κ1) is 20.5. The molecule has 1 aliphatic rings. The first-order chi connectivity index (χ1) is 5.79. The van der Waals surface area contributed by atoms with E-state index >= 15 is 0 Å². The zero-order valence-electron chi connectivity index (χ0n) is 8.93. The van der Waals surface area contributed by atoms with Crippen molar-refractivity contribution in [2.45, 2.75) is 20.3 Å². The molecule has 0 atom stereocenters. The molecule has 0 fully saturated rings. The second-order valence-electron chi connectivity index (χ2n) is 2.97. The van der Waals surface area contributed by atoms with Gasteiger partial charge in [0, 0.05) is 0 Å². The van der Waals surface area contributed by atoms with Crippen LogP contribution in [-0.4, -0.2) is 0 Å². The van der Waals surface area contributed by atoms with Gasteiger partial charge in [0.15, 0.2) is 0 Å². The van der Waals surface area contributed by atoms with Crippen molar-refractivity contribution in [3.63, 3.8) is 0 Å². The van der Waals surface area contributed by atoms with Crippen LogP contribution in [0.25, 0.3) is 0 Å². The Balaban J connectivity index is -0.000000165. The van der Waals surface area contributed by atoms with Gasteiger partial charge in [-0.05, 0) is 0 Å². The zero-order chi connectivity index (χ0) is 8.81. The fourth-order valence-corrected chi connectivity index (χ4v) is 1.06. The number of hydrogen-bond donors (Lipinski definition) is 0. The SMILES string of the molecule is Cc1cc[c-](C)c1.[C-]1=CC=CC1.[Cl-].[Cl-].[Ti+4]. The van der Waals surface area contributed by atoms with Gasteiger partial charge in [0.05, 0.1) is 0 Å². The molecule has 0 aromatic heterocycles. The molecule has 1 aliphatic carbocycles. The van der Waals surface area contributed by atoms with Gasteiger partial charge in [-0.25, -0.2) is 23.8 Å². The van der Waals surface area contributed by atoms with E-state index in [0.717, 1.165) is 6.42 Å². The second-order valence-corrected chi connectivity index (χ2v) is 2.97. The quantitative estimate of drug-likeness (QED) is 0.358. The van der Waals surface area contributed by atoms with Crippen LogP contribution in [0, 0.1) is 19.9 Å². The molecule has 0 spiro atoms. The Morgan fingerprint density at radius 3 is 2.13 bits per heavy atom. The van der Waals surface area contributed by atoms with Crippen molar-refractivity contribution in [1.82, 2.24) is 0 Å². The van der Waals surface area contributed by atoms with E-state index < -0.39 is 0 Å². The van der Waals surface area contributed by atoms with E-state index in [4.69, 9.17) is 0 Å². The molecule has 0 amide bonds. The molecule has 0 unspecified atom stereocenters. The van der Waals surface area contributed by atoms with Gasteiger partial charge < -0.3 is 24.8 Å². The molecule has 0 heterocycles. The molecular formula is C12H14Cl2Ti. The smallest absolute Gasteiger partial charge is 1.00 e. The van der Waals surface area contributed by atoms with Crippen LogP contribution in [0.4, 0.5) is 0 Å². The second kappa shape index (κ2) is 12.2. The first-order valence-corrected chi connectivity index (χ1v) is 4.21. The molecule has 0 saturated heterocycles. The van der Waals surface area contributed by atoms with Crippen LogP contribution < -0.4 is 24.8 Å². The van der Waals surface area contributed by atoms with Crippen LogP contribution >= 0.6 is 0 Å². The first-order valence-electron chi connectivity index (χ1n) is 4.21. The molecule has 1 aromatic rings. The van der Waals surface area contributed by atoms with E-state index in [1.54, 1.807) is 0 Å². The summed E-state index contributed by atoms with van der Waals surface area (Å²) in [6.07, 6.45) is 10.0. The fourth-order valence-electron chi connectivity index (χ4n) is 1.06. The summed E-state index contributed by atoms with van der Waals surface area (Å²) >= 11 is 0. The summed E-state index contributed by atoms with van der Waals surface area (Å²) in [4.78, 5) is 0. The van der Waals surface area contributed by atoms with Gasteiger partial charge in [-0.1, -0.05) is 13.8 Å². The molecule has 1 aromatic carbocycles. The number of rotatable bonds is 0. The van der Waals surface area contributed by atoms with Gasteiger partial charge in [0.25, 0.3) is 0 Å². The third-order valence-corrected chi connectivity index (χ3v) is 1.65. The standard InChI is InChI=1S/C7H9.C5H5.2ClH.Ti/c1-6-3-4-7(2)5-6;1-2-4-5-3-1;;;/h3-5H,1-2H3;1-3H,4H2;2*1H;/q2*-1;;;+4/p-2. The van der Waals surface area contributed by atoms with Crippen molar-refractivity contribution < 1.29 is 46.5 Å². The average molecular weight is 277 g/mol. The van der Waals surface area contributed by atoms with E-state index in [1.807, 2.05) is 12.2 Å². The van der Waals surface area contributed by atoms with Gasteiger partial charge in [-0.2, -0.15) is 23.8 Å². The largest absolute Gasteiger partial charge is 4.00 e. The molecule has 0 N–H and O–H groups in total. The zero-order valence-corrected chi connectivity index (χ0v) is 12.0. The van der Waals surface area contributed by atoms with Gasteiger partial charge in [-0.3, -0.25) is 6.08 Å². The summed E-state index contributed by atoms with van der Waals surface area (Å²) in [5.74, 6) is 0. The van der Waals surface area contributed by atoms with E-state index in [1.165, 1.54) is 11.1 Å². The van der Waals surface area contributed by atoms with Crippen LogP contribution in [0.5, 0.6) is 0 Å². The Bertz CT molecular complexity index is 261. The predicted octanol–water partition coefficient (Wildman–Crippen LogP) is -2.67. The van der Waals surface area contributed by atoms with Gasteiger partial charge in [-0.15, -0.1) is 6.42 Å². The maximum Gasteiger partial charge on any atom is 4.00 e. The van der Waals surface area contributed by atoms with Crippen LogP contribution in [0.2, 0.25) is 0 Å². The predicted molar refractivity (Wildman–Crippen MR) is 53.1 cm³/mol. The Labute approximate surface area is 120 Å². The molecule has 2 rings (SSSR count). The van der Waals surface area contributed by atoms with Gasteiger partial charge in [0.2, 0.25) is 0 Å². The monoisotopic (exact) mass is 276 g/mol. The molecule has 0 radical (unpaired) electrons. The summed E-state index contributed by atoms with van der Waals surface area (Å²) in [5.41, 5.74) is 2.72. The van der Waals surface area contributed by atoms with Crippen molar-refractivity contribution in [1.29, 1.82) is 0 Å². The van der Waals surface area contributed by atoms with Crippen molar-refractivity contribution in [3.05, 3.63) is 53.6 Å². The van der Waals surface area contributed by atoms with E-state index in [0.29, 0.717) is 0 Å². The molecule has 80 valence electrons. The summed E-state index contributed by atoms with van der Waals surface area (Å²) < 4.78 is 0. The Morgan fingerprint density at radius 1 is 1.33 bits per heavy atom. The minimum atomic E-state index is 0. The molecule has 15 heavy (non-hydrogen) atoms. The summed E-state index contributed by atoms with van der Waals surface area (Å²) in [5, 5.41) is 0. The van der Waals surface area contributed by atoms with Crippen LogP contribution in [0.1, 0.15) is 17.5 Å². The minimum absolute atomic E-state index is 0. The molecule has 0 saturated carbocycles. The Hall–Kier alpha value is 0.124. The van der Waals surface area contributed by atoms with E-state index in [2.05, 4.69) is 44.2 Å². The molecule has 3 heteroatoms. The Morgan fingerprint density at radius 2 is 2.00 bits per heavy atom. The maximum absolute atomic E-state index is 2.99. The number of halogens is 2. The van der Waals surface area contributed by atoms with Crippen LogP contribution in [-0.2, 0) is 21.7 Å². The normalized spacial score (nSPS) is 10.3. The van der Waals surface area contributed by atoms with Crippen molar-refractivity contribution in [2.75, 3.05) is 0 Å². The van der Waals surface area contributed by atoms with Crippen molar-refractivity contribution in [2.24, 2.45) is 0 Å². The average Bonchev–Trinajstić information content (AvgIpc) is 2.63. The molecule has 0 bridgehead atoms. The fraction of sp³-hybridized carbons (Fsp3) is 0.250. The van der Waals surface area contributed by atoms with Gasteiger partial charge >= 0.3 is 21.7 Å².